The van der Waals surface area contributed by atoms with Gasteiger partial charge in [0.15, 0.2) is 0 Å². The van der Waals surface area contributed by atoms with Crippen molar-refractivity contribution in [1.82, 2.24) is 4.72 Å². The summed E-state index contributed by atoms with van der Waals surface area (Å²) >= 11 is 7.11. The van der Waals surface area contributed by atoms with E-state index < -0.39 is 10.0 Å². The minimum atomic E-state index is -3.59. The molecule has 0 aliphatic heterocycles. The van der Waals surface area contributed by atoms with Gasteiger partial charge in [0.1, 0.15) is 15.7 Å². The van der Waals surface area contributed by atoms with Gasteiger partial charge >= 0.3 is 0 Å². The number of hydrogen-bond acceptors (Lipinski definition) is 6. The summed E-state index contributed by atoms with van der Waals surface area (Å²) in [4.78, 5) is 12.1. The number of halogens is 1. The molecule has 136 valence electrons. The smallest absolute Gasteiger partial charge is 0.250 e. The van der Waals surface area contributed by atoms with Crippen molar-refractivity contribution in [3.05, 3.63) is 34.7 Å². The third kappa shape index (κ3) is 5.08. The Labute approximate surface area is 155 Å². The van der Waals surface area contributed by atoms with Gasteiger partial charge in [0, 0.05) is 25.1 Å². The Balaban J connectivity index is 1.97. The Morgan fingerprint density at radius 1 is 1.24 bits per heavy atom. The lowest BCUT2D eigenvalue weighted by molar-refractivity contribution is -0.116. The molecule has 2 rings (SSSR count). The second-order valence-electron chi connectivity index (χ2n) is 4.82. The van der Waals surface area contributed by atoms with Gasteiger partial charge in [0.05, 0.1) is 24.9 Å². The number of anilines is 1. The molecule has 2 aromatic rings. The predicted octanol–water partition coefficient (Wildman–Crippen LogP) is 2.73. The maximum absolute atomic E-state index is 12.1. The molecule has 1 amide bonds. The first kappa shape index (κ1) is 19.5. The lowest BCUT2D eigenvalue weighted by Crippen LogP contribution is -2.27. The fourth-order valence-electron chi connectivity index (χ4n) is 1.96. The van der Waals surface area contributed by atoms with E-state index in [2.05, 4.69) is 10.0 Å². The highest BCUT2D eigenvalue weighted by molar-refractivity contribution is 7.91. The zero-order chi connectivity index (χ0) is 18.4. The van der Waals surface area contributed by atoms with Gasteiger partial charge in [-0.2, -0.15) is 0 Å². The molecule has 0 radical (unpaired) electrons. The first-order chi connectivity index (χ1) is 11.9. The van der Waals surface area contributed by atoms with E-state index in [1.165, 1.54) is 32.4 Å². The Hall–Kier alpha value is -1.81. The number of benzene rings is 1. The minimum absolute atomic E-state index is 0.0287. The molecule has 0 saturated carbocycles. The van der Waals surface area contributed by atoms with Crippen molar-refractivity contribution in [2.45, 2.75) is 10.6 Å². The van der Waals surface area contributed by atoms with Crippen molar-refractivity contribution in [3.63, 3.8) is 0 Å². The Morgan fingerprint density at radius 2 is 1.96 bits per heavy atom. The third-order valence-corrected chi connectivity index (χ3v) is 6.31. The number of ether oxygens (including phenoxy) is 2. The molecule has 1 aromatic carbocycles. The van der Waals surface area contributed by atoms with Crippen molar-refractivity contribution in [3.8, 4) is 11.5 Å². The van der Waals surface area contributed by atoms with E-state index in [1.54, 1.807) is 11.4 Å². The molecule has 1 heterocycles. The Bertz CT molecular complexity index is 838. The SMILES string of the molecule is COc1cc(NC(=O)CCNS(=O)(=O)c2cccs2)c(OC)cc1Cl. The summed E-state index contributed by atoms with van der Waals surface area (Å²) in [5.41, 5.74) is 0.384. The summed E-state index contributed by atoms with van der Waals surface area (Å²) in [6.07, 6.45) is -0.0430. The van der Waals surface area contributed by atoms with E-state index in [9.17, 15) is 13.2 Å². The van der Waals surface area contributed by atoms with Gasteiger partial charge in [-0.05, 0) is 11.4 Å². The molecular formula is C15H17ClN2O5S2. The second kappa shape index (κ2) is 8.52. The normalized spacial score (nSPS) is 11.2. The number of carbonyl (C=O) groups is 1. The number of sulfonamides is 1. The molecule has 0 fully saturated rings. The van der Waals surface area contributed by atoms with Crippen LogP contribution in [-0.2, 0) is 14.8 Å². The van der Waals surface area contributed by atoms with Crippen molar-refractivity contribution >= 4 is 44.6 Å². The van der Waals surface area contributed by atoms with Gasteiger partial charge in [0.2, 0.25) is 15.9 Å². The van der Waals surface area contributed by atoms with Crippen LogP contribution in [0, 0.1) is 0 Å². The molecular weight excluding hydrogens is 388 g/mol. The average molecular weight is 405 g/mol. The molecule has 0 spiro atoms. The van der Waals surface area contributed by atoms with E-state index in [1.807, 2.05) is 0 Å². The van der Waals surface area contributed by atoms with Crippen LogP contribution in [0.1, 0.15) is 6.42 Å². The van der Waals surface area contributed by atoms with Crippen molar-refractivity contribution in [2.75, 3.05) is 26.1 Å². The molecule has 0 aliphatic carbocycles. The number of carbonyl (C=O) groups excluding carboxylic acids is 1. The predicted molar refractivity (Wildman–Crippen MR) is 97.3 cm³/mol. The number of rotatable bonds is 8. The van der Waals surface area contributed by atoms with Gasteiger partial charge in [0.25, 0.3) is 0 Å². The molecule has 0 atom stereocenters. The van der Waals surface area contributed by atoms with Crippen LogP contribution in [0.25, 0.3) is 0 Å². The number of hydrogen-bond donors (Lipinski definition) is 2. The highest BCUT2D eigenvalue weighted by Crippen LogP contribution is 2.35. The van der Waals surface area contributed by atoms with Crippen LogP contribution in [0.3, 0.4) is 0 Å². The molecule has 7 nitrogen and oxygen atoms in total. The highest BCUT2D eigenvalue weighted by atomic mass is 35.5. The Morgan fingerprint density at radius 3 is 2.56 bits per heavy atom. The molecule has 0 unspecified atom stereocenters. The molecule has 0 bridgehead atoms. The number of thiophene rings is 1. The first-order valence-electron chi connectivity index (χ1n) is 7.12. The summed E-state index contributed by atoms with van der Waals surface area (Å²) in [5.74, 6) is 0.381. The maximum Gasteiger partial charge on any atom is 0.250 e. The van der Waals surface area contributed by atoms with E-state index in [0.29, 0.717) is 22.2 Å². The lowest BCUT2D eigenvalue weighted by Gasteiger charge is -2.13. The molecule has 0 aliphatic rings. The van der Waals surface area contributed by atoms with Crippen LogP contribution < -0.4 is 19.5 Å². The third-order valence-electron chi connectivity index (χ3n) is 3.15. The molecule has 1 aromatic heterocycles. The van der Waals surface area contributed by atoms with Crippen LogP contribution in [0.4, 0.5) is 5.69 Å². The second-order valence-corrected chi connectivity index (χ2v) is 8.16. The molecule has 25 heavy (non-hydrogen) atoms. The van der Waals surface area contributed by atoms with Gasteiger partial charge in [-0.25, -0.2) is 13.1 Å². The summed E-state index contributed by atoms with van der Waals surface area (Å²) in [6, 6.07) is 6.20. The quantitative estimate of drug-likeness (QED) is 0.705. The van der Waals surface area contributed by atoms with Crippen molar-refractivity contribution in [1.29, 1.82) is 0 Å². The van der Waals surface area contributed by atoms with Crippen LogP contribution in [0.15, 0.2) is 33.9 Å². The molecule has 10 heteroatoms. The standard InChI is InChI=1S/C15H17ClN2O5S2/c1-22-12-9-11(13(23-2)8-10(12)16)18-14(19)5-6-17-25(20,21)15-4-3-7-24-15/h3-4,7-9,17H,5-6H2,1-2H3,(H,18,19). The van der Waals surface area contributed by atoms with E-state index >= 15 is 0 Å². The number of methoxy groups -OCH3 is 2. The number of amides is 1. The van der Waals surface area contributed by atoms with Crippen LogP contribution >= 0.6 is 22.9 Å². The lowest BCUT2D eigenvalue weighted by atomic mass is 10.2. The van der Waals surface area contributed by atoms with Crippen LogP contribution in [0.2, 0.25) is 5.02 Å². The monoisotopic (exact) mass is 404 g/mol. The highest BCUT2D eigenvalue weighted by Gasteiger charge is 2.16. The van der Waals surface area contributed by atoms with Crippen LogP contribution in [0.5, 0.6) is 11.5 Å². The summed E-state index contributed by atoms with van der Waals surface area (Å²) < 4.78 is 36.8. The molecule has 2 N–H and O–H groups in total. The van der Waals surface area contributed by atoms with E-state index in [-0.39, 0.29) is 23.1 Å². The van der Waals surface area contributed by atoms with Crippen LogP contribution in [-0.4, -0.2) is 35.1 Å². The van der Waals surface area contributed by atoms with Gasteiger partial charge in [-0.1, -0.05) is 17.7 Å². The summed E-state index contributed by atoms with van der Waals surface area (Å²) in [5, 5.41) is 4.67. The minimum Gasteiger partial charge on any atom is -0.495 e. The summed E-state index contributed by atoms with van der Waals surface area (Å²) in [6.45, 7) is -0.0287. The fourth-order valence-corrected chi connectivity index (χ4v) is 4.26. The maximum atomic E-state index is 12.1. The topological polar surface area (TPSA) is 93.7 Å². The van der Waals surface area contributed by atoms with Crippen molar-refractivity contribution in [2.24, 2.45) is 0 Å². The first-order valence-corrected chi connectivity index (χ1v) is 9.86. The zero-order valence-corrected chi connectivity index (χ0v) is 15.9. The van der Waals surface area contributed by atoms with Crippen molar-refractivity contribution < 1.29 is 22.7 Å². The average Bonchev–Trinajstić information content (AvgIpc) is 3.11. The van der Waals surface area contributed by atoms with E-state index in [0.717, 1.165) is 11.3 Å². The Kier molecular flexibility index (Phi) is 6.65. The van der Waals surface area contributed by atoms with Gasteiger partial charge < -0.3 is 14.8 Å². The fraction of sp³-hybridized carbons (Fsp3) is 0.267. The van der Waals surface area contributed by atoms with Gasteiger partial charge in [-0.15, -0.1) is 11.3 Å². The largest absolute Gasteiger partial charge is 0.495 e. The van der Waals surface area contributed by atoms with Gasteiger partial charge in [-0.3, -0.25) is 4.79 Å². The summed E-state index contributed by atoms with van der Waals surface area (Å²) in [7, 11) is -0.684. The van der Waals surface area contributed by atoms with E-state index in [4.69, 9.17) is 21.1 Å². The zero-order valence-electron chi connectivity index (χ0n) is 13.5. The number of nitrogens with one attached hydrogen (secondary N) is 2. The molecule has 0 saturated heterocycles.